The summed E-state index contributed by atoms with van der Waals surface area (Å²) in [7, 11) is 0. The van der Waals surface area contributed by atoms with Crippen molar-refractivity contribution in [1.29, 1.82) is 0 Å². The number of ether oxygens (including phenoxy) is 1. The fraction of sp³-hybridized carbons (Fsp3) is 0.300. The summed E-state index contributed by atoms with van der Waals surface area (Å²) in [4.78, 5) is 10.8. The number of hydrogen-bond acceptors (Lipinski definition) is 2. The molecule has 1 N–H and O–H groups in total. The van der Waals surface area contributed by atoms with Crippen molar-refractivity contribution in [3.63, 3.8) is 0 Å². The average molecular weight is 178 g/mol. The molecule has 0 aliphatic carbocycles. The highest BCUT2D eigenvalue weighted by Gasteiger charge is 2.26. The van der Waals surface area contributed by atoms with Gasteiger partial charge in [-0.25, -0.2) is 4.79 Å². The van der Waals surface area contributed by atoms with E-state index in [2.05, 4.69) is 0 Å². The Bertz CT molecular complexity index is 333. The van der Waals surface area contributed by atoms with Crippen LogP contribution in [0.25, 0.3) is 0 Å². The van der Waals surface area contributed by atoms with E-state index < -0.39 is 12.1 Å². The molecule has 1 atom stereocenters. The van der Waals surface area contributed by atoms with E-state index in [4.69, 9.17) is 9.84 Å². The van der Waals surface area contributed by atoms with Gasteiger partial charge in [0.2, 0.25) is 0 Å². The Kier molecular flexibility index (Phi) is 2.02. The molecule has 1 heterocycles. The third-order valence-corrected chi connectivity index (χ3v) is 2.22. The van der Waals surface area contributed by atoms with E-state index in [-0.39, 0.29) is 0 Å². The summed E-state index contributed by atoms with van der Waals surface area (Å²) in [5.74, 6) is -0.910. The van der Waals surface area contributed by atoms with Gasteiger partial charge in [-0.15, -0.1) is 0 Å². The van der Waals surface area contributed by atoms with Crippen LogP contribution in [0.15, 0.2) is 24.3 Å². The summed E-state index contributed by atoms with van der Waals surface area (Å²) in [5, 5.41) is 8.86. The lowest BCUT2D eigenvalue weighted by molar-refractivity contribution is -0.151. The third-order valence-electron chi connectivity index (χ3n) is 2.22. The van der Waals surface area contributed by atoms with Gasteiger partial charge < -0.3 is 9.84 Å². The number of carboxylic acids is 1. The van der Waals surface area contributed by atoms with Gasteiger partial charge in [0.25, 0.3) is 0 Å². The summed E-state index contributed by atoms with van der Waals surface area (Å²) in [6.45, 7) is 0.494. The molecule has 0 bridgehead atoms. The molecule has 68 valence electrons. The normalized spacial score (nSPS) is 20.8. The zero-order chi connectivity index (χ0) is 9.26. The maximum Gasteiger partial charge on any atom is 0.337 e. The molecule has 0 saturated heterocycles. The first kappa shape index (κ1) is 8.26. The van der Waals surface area contributed by atoms with E-state index in [9.17, 15) is 4.79 Å². The van der Waals surface area contributed by atoms with Gasteiger partial charge in [-0.05, 0) is 17.5 Å². The fourth-order valence-corrected chi connectivity index (χ4v) is 1.60. The Morgan fingerprint density at radius 2 is 2.23 bits per heavy atom. The first-order valence-corrected chi connectivity index (χ1v) is 4.21. The molecule has 0 fully saturated rings. The average Bonchev–Trinajstić information content (AvgIpc) is 2.17. The predicted molar refractivity (Wildman–Crippen MR) is 46.5 cm³/mol. The van der Waals surface area contributed by atoms with E-state index in [1.54, 1.807) is 0 Å². The van der Waals surface area contributed by atoms with E-state index in [1.165, 1.54) is 0 Å². The zero-order valence-electron chi connectivity index (χ0n) is 7.06. The molecule has 1 aliphatic rings. The van der Waals surface area contributed by atoms with Crippen LogP contribution in [0.4, 0.5) is 0 Å². The van der Waals surface area contributed by atoms with Crippen LogP contribution in [0, 0.1) is 0 Å². The van der Waals surface area contributed by atoms with Crippen molar-refractivity contribution >= 4 is 5.97 Å². The Morgan fingerprint density at radius 3 is 3.00 bits per heavy atom. The number of benzene rings is 1. The zero-order valence-corrected chi connectivity index (χ0v) is 7.06. The molecular formula is C10H10O3. The summed E-state index contributed by atoms with van der Waals surface area (Å²) < 4.78 is 5.17. The molecule has 2 rings (SSSR count). The third kappa shape index (κ3) is 1.42. The number of fused-ring (bicyclic) bond motifs is 1. The molecule has 1 aromatic rings. The van der Waals surface area contributed by atoms with Crippen molar-refractivity contribution in [2.75, 3.05) is 6.61 Å². The highest BCUT2D eigenvalue weighted by molar-refractivity contribution is 5.75. The molecule has 0 unspecified atom stereocenters. The van der Waals surface area contributed by atoms with Crippen molar-refractivity contribution in [2.24, 2.45) is 0 Å². The summed E-state index contributed by atoms with van der Waals surface area (Å²) in [5.41, 5.74) is 1.88. The molecule has 1 aromatic carbocycles. The van der Waals surface area contributed by atoms with Crippen LogP contribution in [-0.2, 0) is 16.0 Å². The first-order valence-electron chi connectivity index (χ1n) is 4.21. The Hall–Kier alpha value is -1.35. The maximum atomic E-state index is 10.8. The second-order valence-corrected chi connectivity index (χ2v) is 3.04. The number of carboxylic acid groups (broad SMARTS) is 1. The van der Waals surface area contributed by atoms with Crippen molar-refractivity contribution in [3.8, 4) is 0 Å². The van der Waals surface area contributed by atoms with Gasteiger partial charge in [0, 0.05) is 0 Å². The van der Waals surface area contributed by atoms with Crippen LogP contribution in [0.1, 0.15) is 17.2 Å². The lowest BCUT2D eigenvalue weighted by atomic mass is 9.98. The number of rotatable bonds is 1. The molecule has 3 nitrogen and oxygen atoms in total. The van der Waals surface area contributed by atoms with Gasteiger partial charge in [-0.3, -0.25) is 0 Å². The highest BCUT2D eigenvalue weighted by atomic mass is 16.5. The van der Waals surface area contributed by atoms with Crippen LogP contribution in [-0.4, -0.2) is 17.7 Å². The molecule has 0 aromatic heterocycles. The molecule has 0 spiro atoms. The van der Waals surface area contributed by atoms with E-state index in [0.29, 0.717) is 6.61 Å². The molecule has 13 heavy (non-hydrogen) atoms. The van der Waals surface area contributed by atoms with E-state index >= 15 is 0 Å². The topological polar surface area (TPSA) is 46.5 Å². The van der Waals surface area contributed by atoms with Crippen molar-refractivity contribution < 1.29 is 14.6 Å². The molecule has 0 saturated carbocycles. The Balaban J connectivity index is 2.42. The van der Waals surface area contributed by atoms with Gasteiger partial charge in [0.1, 0.15) is 0 Å². The second-order valence-electron chi connectivity index (χ2n) is 3.04. The van der Waals surface area contributed by atoms with Gasteiger partial charge in [-0.2, -0.15) is 0 Å². The van der Waals surface area contributed by atoms with Gasteiger partial charge in [-0.1, -0.05) is 24.3 Å². The SMILES string of the molecule is O=C(O)[C@@H]1OCCc2ccccc21. The smallest absolute Gasteiger partial charge is 0.337 e. The minimum Gasteiger partial charge on any atom is -0.479 e. The lowest BCUT2D eigenvalue weighted by Crippen LogP contribution is -2.22. The van der Waals surface area contributed by atoms with Crippen LogP contribution < -0.4 is 0 Å². The Morgan fingerprint density at radius 1 is 1.46 bits per heavy atom. The van der Waals surface area contributed by atoms with E-state index in [1.807, 2.05) is 24.3 Å². The van der Waals surface area contributed by atoms with Gasteiger partial charge >= 0.3 is 5.97 Å². The second kappa shape index (κ2) is 3.18. The Labute approximate surface area is 76.0 Å². The van der Waals surface area contributed by atoms with E-state index in [0.717, 1.165) is 17.5 Å². The summed E-state index contributed by atoms with van der Waals surface area (Å²) in [6.07, 6.45) is 0.0323. The molecule has 0 radical (unpaired) electrons. The van der Waals surface area contributed by atoms with Gasteiger partial charge in [0.05, 0.1) is 6.61 Å². The van der Waals surface area contributed by atoms with Crippen molar-refractivity contribution in [1.82, 2.24) is 0 Å². The first-order chi connectivity index (χ1) is 6.29. The quantitative estimate of drug-likeness (QED) is 0.706. The van der Waals surface area contributed by atoms with Crippen LogP contribution in [0.3, 0.4) is 0 Å². The predicted octanol–water partition coefficient (Wildman–Crippen LogP) is 1.39. The molecular weight excluding hydrogens is 168 g/mol. The van der Waals surface area contributed by atoms with Crippen molar-refractivity contribution in [2.45, 2.75) is 12.5 Å². The standard InChI is InChI=1S/C10H10O3/c11-10(12)9-8-4-2-1-3-7(8)5-6-13-9/h1-4,9H,5-6H2,(H,11,12)/t9-/m1/s1. The van der Waals surface area contributed by atoms with Crippen molar-refractivity contribution in [3.05, 3.63) is 35.4 Å². The largest absolute Gasteiger partial charge is 0.479 e. The number of aliphatic carboxylic acids is 1. The fourth-order valence-electron chi connectivity index (χ4n) is 1.60. The van der Waals surface area contributed by atoms with Gasteiger partial charge in [0.15, 0.2) is 6.10 Å². The lowest BCUT2D eigenvalue weighted by Gasteiger charge is -2.22. The summed E-state index contributed by atoms with van der Waals surface area (Å²) in [6, 6.07) is 7.52. The monoisotopic (exact) mass is 178 g/mol. The molecule has 0 amide bonds. The van der Waals surface area contributed by atoms with Crippen LogP contribution >= 0.6 is 0 Å². The highest BCUT2D eigenvalue weighted by Crippen LogP contribution is 2.26. The van der Waals surface area contributed by atoms with Crippen LogP contribution in [0.5, 0.6) is 0 Å². The molecule has 1 aliphatic heterocycles. The maximum absolute atomic E-state index is 10.8. The summed E-state index contributed by atoms with van der Waals surface area (Å²) >= 11 is 0. The van der Waals surface area contributed by atoms with Crippen LogP contribution in [0.2, 0.25) is 0 Å². The molecule has 3 heteroatoms. The number of carbonyl (C=O) groups is 1. The minimum atomic E-state index is -0.910. The number of hydrogen-bond donors (Lipinski definition) is 1. The minimum absolute atomic E-state index is 0.494.